The number of hydrogen-bond donors (Lipinski definition) is 1. The molecule has 0 bridgehead atoms. The Labute approximate surface area is 101 Å². The largest absolute Gasteiger partial charge is 0.494 e. The topological polar surface area (TPSA) is 29.5 Å². The number of aliphatic hydroxyl groups excluding tert-OH is 1. The zero-order valence-corrected chi connectivity index (χ0v) is 9.73. The summed E-state index contributed by atoms with van der Waals surface area (Å²) in [5.41, 5.74) is 0.913. The van der Waals surface area contributed by atoms with Crippen LogP contribution in [0.5, 0.6) is 5.75 Å². The molecule has 0 heterocycles. The van der Waals surface area contributed by atoms with Gasteiger partial charge in [0.15, 0.2) is 0 Å². The summed E-state index contributed by atoms with van der Waals surface area (Å²) in [5.74, 6) is 6.42. The number of hydrogen-bond acceptors (Lipinski definition) is 2. The summed E-state index contributed by atoms with van der Waals surface area (Å²) in [5, 5.41) is 10.9. The van der Waals surface area contributed by atoms with Crippen LogP contribution in [0.4, 0.5) is 0 Å². The van der Waals surface area contributed by atoms with Crippen LogP contribution >= 0.6 is 0 Å². The van der Waals surface area contributed by atoms with E-state index in [2.05, 4.69) is 11.8 Å². The average Bonchev–Trinajstić information content (AvgIpc) is 2.36. The molecule has 0 fully saturated rings. The lowest BCUT2D eigenvalue weighted by Gasteiger charge is -2.04. The summed E-state index contributed by atoms with van der Waals surface area (Å²) in [7, 11) is 0. The molecule has 2 rings (SSSR count). The molecule has 0 amide bonds. The number of benzene rings is 2. The fourth-order valence-corrected chi connectivity index (χ4v) is 1.70. The van der Waals surface area contributed by atoms with E-state index >= 15 is 0 Å². The van der Waals surface area contributed by atoms with Crippen molar-refractivity contribution in [2.24, 2.45) is 0 Å². The van der Waals surface area contributed by atoms with E-state index in [4.69, 9.17) is 9.84 Å². The summed E-state index contributed by atoms with van der Waals surface area (Å²) in [6, 6.07) is 12.0. The van der Waals surface area contributed by atoms with Gasteiger partial charge in [-0.05, 0) is 42.0 Å². The highest BCUT2D eigenvalue weighted by Gasteiger charge is 1.97. The molecule has 0 spiro atoms. The Morgan fingerprint density at radius 1 is 1.12 bits per heavy atom. The van der Waals surface area contributed by atoms with Crippen LogP contribution in [0.15, 0.2) is 36.4 Å². The number of rotatable bonds is 2. The van der Waals surface area contributed by atoms with E-state index in [0.29, 0.717) is 6.61 Å². The van der Waals surface area contributed by atoms with E-state index in [9.17, 15) is 0 Å². The number of fused-ring (bicyclic) bond motifs is 1. The molecule has 2 nitrogen and oxygen atoms in total. The van der Waals surface area contributed by atoms with Crippen molar-refractivity contribution in [1.29, 1.82) is 0 Å². The van der Waals surface area contributed by atoms with Gasteiger partial charge >= 0.3 is 0 Å². The van der Waals surface area contributed by atoms with Crippen molar-refractivity contribution in [3.8, 4) is 17.6 Å². The highest BCUT2D eigenvalue weighted by molar-refractivity contribution is 5.85. The summed E-state index contributed by atoms with van der Waals surface area (Å²) >= 11 is 0. The monoisotopic (exact) mass is 226 g/mol. The van der Waals surface area contributed by atoms with Gasteiger partial charge in [-0.25, -0.2) is 0 Å². The first-order valence-corrected chi connectivity index (χ1v) is 5.60. The van der Waals surface area contributed by atoms with Crippen molar-refractivity contribution >= 4 is 10.8 Å². The van der Waals surface area contributed by atoms with Gasteiger partial charge in [0.1, 0.15) is 12.4 Å². The van der Waals surface area contributed by atoms with Crippen LogP contribution < -0.4 is 4.74 Å². The van der Waals surface area contributed by atoms with Gasteiger partial charge in [0.2, 0.25) is 0 Å². The Balaban J connectivity index is 2.39. The lowest BCUT2D eigenvalue weighted by Crippen LogP contribution is -1.90. The molecule has 0 aliphatic carbocycles. The first-order chi connectivity index (χ1) is 8.33. The van der Waals surface area contributed by atoms with Crippen LogP contribution in [-0.2, 0) is 0 Å². The van der Waals surface area contributed by atoms with Crippen LogP contribution in [0.2, 0.25) is 0 Å². The minimum Gasteiger partial charge on any atom is -0.494 e. The van der Waals surface area contributed by atoms with Crippen molar-refractivity contribution in [1.82, 2.24) is 0 Å². The minimum absolute atomic E-state index is 0.110. The van der Waals surface area contributed by atoms with E-state index < -0.39 is 0 Å². The Morgan fingerprint density at radius 3 is 2.65 bits per heavy atom. The van der Waals surface area contributed by atoms with Crippen molar-refractivity contribution in [3.63, 3.8) is 0 Å². The maximum Gasteiger partial charge on any atom is 0.119 e. The molecule has 0 saturated heterocycles. The van der Waals surface area contributed by atoms with Crippen LogP contribution in [0.25, 0.3) is 10.8 Å². The van der Waals surface area contributed by atoms with Gasteiger partial charge < -0.3 is 9.84 Å². The predicted molar refractivity (Wildman–Crippen MR) is 69.1 cm³/mol. The maximum absolute atomic E-state index is 8.65. The quantitative estimate of drug-likeness (QED) is 0.797. The molecule has 2 aromatic rings. The third-order valence-electron chi connectivity index (χ3n) is 2.43. The first kappa shape index (κ1) is 11.5. The van der Waals surface area contributed by atoms with E-state index in [-0.39, 0.29) is 6.61 Å². The third kappa shape index (κ3) is 2.77. The molecule has 17 heavy (non-hydrogen) atoms. The minimum atomic E-state index is -0.110. The summed E-state index contributed by atoms with van der Waals surface area (Å²) in [6.45, 7) is 2.53. The maximum atomic E-state index is 8.65. The van der Waals surface area contributed by atoms with Gasteiger partial charge in [0.25, 0.3) is 0 Å². The standard InChI is InChI=1S/C15H14O2/c1-2-17-15-8-7-13-10-12(4-3-9-16)5-6-14(13)11-15/h5-8,10-11,16H,2,9H2,1H3. The Morgan fingerprint density at radius 2 is 1.88 bits per heavy atom. The normalized spacial score (nSPS) is 9.76. The summed E-state index contributed by atoms with van der Waals surface area (Å²) < 4.78 is 5.45. The molecule has 2 aromatic carbocycles. The second kappa shape index (κ2) is 5.38. The molecule has 0 saturated carbocycles. The Hall–Kier alpha value is -1.98. The zero-order valence-electron chi connectivity index (χ0n) is 9.73. The van der Waals surface area contributed by atoms with Crippen LogP contribution in [0, 0.1) is 11.8 Å². The summed E-state index contributed by atoms with van der Waals surface area (Å²) in [4.78, 5) is 0. The van der Waals surface area contributed by atoms with Crippen molar-refractivity contribution in [2.45, 2.75) is 6.92 Å². The predicted octanol–water partition coefficient (Wildman–Crippen LogP) is 2.58. The molecule has 86 valence electrons. The molecule has 0 aliphatic rings. The molecule has 0 aliphatic heterocycles. The van der Waals surface area contributed by atoms with Gasteiger partial charge in [0.05, 0.1) is 6.61 Å². The number of ether oxygens (including phenoxy) is 1. The lowest BCUT2D eigenvalue weighted by atomic mass is 10.1. The molecular weight excluding hydrogens is 212 g/mol. The highest BCUT2D eigenvalue weighted by atomic mass is 16.5. The summed E-state index contributed by atoms with van der Waals surface area (Å²) in [6.07, 6.45) is 0. The van der Waals surface area contributed by atoms with Gasteiger partial charge in [0, 0.05) is 5.56 Å². The van der Waals surface area contributed by atoms with Crippen molar-refractivity contribution < 1.29 is 9.84 Å². The lowest BCUT2D eigenvalue weighted by molar-refractivity contribution is 0.341. The molecule has 0 radical (unpaired) electrons. The van der Waals surface area contributed by atoms with Crippen molar-refractivity contribution in [3.05, 3.63) is 42.0 Å². The van der Waals surface area contributed by atoms with Crippen LogP contribution in [0.1, 0.15) is 12.5 Å². The molecule has 2 heteroatoms. The van der Waals surface area contributed by atoms with Gasteiger partial charge in [-0.2, -0.15) is 0 Å². The highest BCUT2D eigenvalue weighted by Crippen LogP contribution is 2.21. The SMILES string of the molecule is CCOc1ccc2cc(C#CCO)ccc2c1. The first-order valence-electron chi connectivity index (χ1n) is 5.60. The average molecular weight is 226 g/mol. The molecule has 0 aromatic heterocycles. The molecular formula is C15H14O2. The van der Waals surface area contributed by atoms with Crippen molar-refractivity contribution in [2.75, 3.05) is 13.2 Å². The second-order valence-corrected chi connectivity index (χ2v) is 3.62. The number of aliphatic hydroxyl groups is 1. The van der Waals surface area contributed by atoms with E-state index in [1.807, 2.05) is 43.3 Å². The third-order valence-corrected chi connectivity index (χ3v) is 2.43. The Kier molecular flexibility index (Phi) is 3.64. The fourth-order valence-electron chi connectivity index (χ4n) is 1.70. The second-order valence-electron chi connectivity index (χ2n) is 3.62. The molecule has 1 N–H and O–H groups in total. The Bertz CT molecular complexity index is 576. The zero-order chi connectivity index (χ0) is 12.1. The van der Waals surface area contributed by atoms with Gasteiger partial charge in [-0.1, -0.05) is 24.0 Å². The van der Waals surface area contributed by atoms with Gasteiger partial charge in [-0.3, -0.25) is 0 Å². The van der Waals surface area contributed by atoms with Crippen LogP contribution in [0.3, 0.4) is 0 Å². The van der Waals surface area contributed by atoms with Gasteiger partial charge in [-0.15, -0.1) is 0 Å². The molecule has 0 unspecified atom stereocenters. The van der Waals surface area contributed by atoms with E-state index in [1.54, 1.807) is 0 Å². The fraction of sp³-hybridized carbons (Fsp3) is 0.200. The van der Waals surface area contributed by atoms with E-state index in [0.717, 1.165) is 22.1 Å². The van der Waals surface area contributed by atoms with Crippen LogP contribution in [-0.4, -0.2) is 18.3 Å². The van der Waals surface area contributed by atoms with E-state index in [1.165, 1.54) is 0 Å². The smallest absolute Gasteiger partial charge is 0.119 e. The molecule has 0 atom stereocenters.